The zero-order valence-electron chi connectivity index (χ0n) is 13.4. The lowest BCUT2D eigenvalue weighted by molar-refractivity contribution is -0.114. The van der Waals surface area contributed by atoms with Crippen LogP contribution in [-0.4, -0.2) is 11.8 Å². The maximum Gasteiger partial charge on any atom is 0.291 e. The number of hydrogen-bond acceptors (Lipinski definition) is 3. The van der Waals surface area contributed by atoms with Gasteiger partial charge >= 0.3 is 0 Å². The minimum absolute atomic E-state index is 0.180. The minimum Gasteiger partial charge on any atom is -0.449 e. The van der Waals surface area contributed by atoms with Crippen LogP contribution >= 0.6 is 23.2 Å². The van der Waals surface area contributed by atoms with Crippen molar-refractivity contribution in [3.05, 3.63) is 57.8 Å². The maximum absolute atomic E-state index is 12.6. The molecule has 128 valence electrons. The molecule has 1 aromatic heterocycles. The molecule has 2 N–H and O–H groups in total. The molecule has 0 unspecified atom stereocenters. The standard InChI is InChI=1S/C18H14Cl2N2O3/c1-9-12-4-3-5-14(20)17(12)25-16(9)18(24)22-11-6-7-13(19)15(8-11)21-10(2)23/h3-8H,1-2H3,(H,21,23)(H,22,24). The first-order valence-corrected chi connectivity index (χ1v) is 8.18. The van der Waals surface area contributed by atoms with Crippen molar-refractivity contribution >= 4 is 57.4 Å². The topological polar surface area (TPSA) is 71.3 Å². The fraction of sp³-hybridized carbons (Fsp3) is 0.111. The number of fused-ring (bicyclic) bond motifs is 1. The molecular weight excluding hydrogens is 363 g/mol. The third-order valence-corrected chi connectivity index (χ3v) is 4.28. The molecule has 0 saturated carbocycles. The first-order chi connectivity index (χ1) is 11.9. The number of rotatable bonds is 3. The van der Waals surface area contributed by atoms with Gasteiger partial charge in [0.05, 0.1) is 15.7 Å². The fourth-order valence-corrected chi connectivity index (χ4v) is 2.88. The number of halogens is 2. The summed E-state index contributed by atoms with van der Waals surface area (Å²) in [5.41, 5.74) is 2.06. The minimum atomic E-state index is -0.416. The number of carbonyl (C=O) groups excluding carboxylic acids is 2. The van der Waals surface area contributed by atoms with Gasteiger partial charge in [-0.15, -0.1) is 0 Å². The number of carbonyl (C=O) groups is 2. The second kappa shape index (κ2) is 6.78. The number of hydrogen-bond donors (Lipinski definition) is 2. The molecule has 1 heterocycles. The number of aryl methyl sites for hydroxylation is 1. The molecule has 3 aromatic rings. The van der Waals surface area contributed by atoms with Crippen molar-refractivity contribution in [1.29, 1.82) is 0 Å². The Morgan fingerprint density at radius 2 is 1.80 bits per heavy atom. The van der Waals surface area contributed by atoms with Crippen molar-refractivity contribution in [2.45, 2.75) is 13.8 Å². The largest absolute Gasteiger partial charge is 0.449 e. The SMILES string of the molecule is CC(=O)Nc1cc(NC(=O)c2oc3c(Cl)cccc3c2C)ccc1Cl. The van der Waals surface area contributed by atoms with Gasteiger partial charge < -0.3 is 15.1 Å². The Bertz CT molecular complexity index is 995. The van der Waals surface area contributed by atoms with Crippen molar-refractivity contribution < 1.29 is 14.0 Å². The third-order valence-electron chi connectivity index (χ3n) is 3.66. The van der Waals surface area contributed by atoms with Gasteiger partial charge in [-0.25, -0.2) is 0 Å². The second-order valence-corrected chi connectivity index (χ2v) is 6.32. The molecule has 0 bridgehead atoms. The van der Waals surface area contributed by atoms with Crippen LogP contribution < -0.4 is 10.6 Å². The van der Waals surface area contributed by atoms with Crippen LogP contribution in [0, 0.1) is 6.92 Å². The summed E-state index contributed by atoms with van der Waals surface area (Å²) in [6.07, 6.45) is 0. The summed E-state index contributed by atoms with van der Waals surface area (Å²) >= 11 is 12.1. The van der Waals surface area contributed by atoms with E-state index in [9.17, 15) is 9.59 Å². The summed E-state index contributed by atoms with van der Waals surface area (Å²) in [6, 6.07) is 10.1. The Hall–Kier alpha value is -2.50. The van der Waals surface area contributed by atoms with Gasteiger partial charge in [-0.2, -0.15) is 0 Å². The number of anilines is 2. The molecule has 7 heteroatoms. The molecule has 0 saturated heterocycles. The highest BCUT2D eigenvalue weighted by molar-refractivity contribution is 6.35. The smallest absolute Gasteiger partial charge is 0.291 e. The van der Waals surface area contributed by atoms with E-state index in [-0.39, 0.29) is 11.7 Å². The van der Waals surface area contributed by atoms with Gasteiger partial charge in [-0.3, -0.25) is 9.59 Å². The second-order valence-electron chi connectivity index (χ2n) is 5.50. The van der Waals surface area contributed by atoms with Gasteiger partial charge in [0, 0.05) is 23.6 Å². The van der Waals surface area contributed by atoms with Gasteiger partial charge in [-0.1, -0.05) is 35.3 Å². The highest BCUT2D eigenvalue weighted by Crippen LogP contribution is 2.31. The van der Waals surface area contributed by atoms with E-state index in [1.165, 1.54) is 6.92 Å². The quantitative estimate of drug-likeness (QED) is 0.654. The number of benzene rings is 2. The van der Waals surface area contributed by atoms with Crippen LogP contribution in [0.15, 0.2) is 40.8 Å². The predicted molar refractivity (Wildman–Crippen MR) is 99.7 cm³/mol. The lowest BCUT2D eigenvalue weighted by Gasteiger charge is -2.09. The maximum atomic E-state index is 12.6. The normalized spacial score (nSPS) is 10.7. The Balaban J connectivity index is 1.92. The lowest BCUT2D eigenvalue weighted by atomic mass is 10.1. The molecule has 5 nitrogen and oxygen atoms in total. The van der Waals surface area contributed by atoms with Crippen molar-refractivity contribution in [3.8, 4) is 0 Å². The van der Waals surface area contributed by atoms with Crippen LogP contribution in [0.5, 0.6) is 0 Å². The molecule has 0 fully saturated rings. The zero-order chi connectivity index (χ0) is 18.1. The van der Waals surface area contributed by atoms with Gasteiger partial charge in [-0.05, 0) is 31.2 Å². The van der Waals surface area contributed by atoms with Crippen LogP contribution in [0.25, 0.3) is 11.0 Å². The summed E-state index contributed by atoms with van der Waals surface area (Å²) in [5, 5.41) is 6.94. The molecule has 0 radical (unpaired) electrons. The average Bonchev–Trinajstić information content (AvgIpc) is 2.89. The van der Waals surface area contributed by atoms with Crippen molar-refractivity contribution in [2.24, 2.45) is 0 Å². The van der Waals surface area contributed by atoms with E-state index in [0.29, 0.717) is 32.6 Å². The Kier molecular flexibility index (Phi) is 4.70. The first-order valence-electron chi connectivity index (χ1n) is 7.43. The third kappa shape index (κ3) is 3.48. The summed E-state index contributed by atoms with van der Waals surface area (Å²) in [6.45, 7) is 3.17. The van der Waals surface area contributed by atoms with E-state index in [4.69, 9.17) is 27.6 Å². The summed E-state index contributed by atoms with van der Waals surface area (Å²) < 4.78 is 5.64. The monoisotopic (exact) mass is 376 g/mol. The molecular formula is C18H14Cl2N2O3. The van der Waals surface area contributed by atoms with Gasteiger partial charge in [0.15, 0.2) is 11.3 Å². The molecule has 25 heavy (non-hydrogen) atoms. The van der Waals surface area contributed by atoms with Crippen LogP contribution in [0.4, 0.5) is 11.4 Å². The summed E-state index contributed by atoms with van der Waals surface area (Å²) in [5.74, 6) is -0.492. The van der Waals surface area contributed by atoms with Crippen LogP contribution in [0.3, 0.4) is 0 Å². The lowest BCUT2D eigenvalue weighted by Crippen LogP contribution is -2.13. The van der Waals surface area contributed by atoms with Crippen molar-refractivity contribution in [1.82, 2.24) is 0 Å². The van der Waals surface area contributed by atoms with Crippen LogP contribution in [-0.2, 0) is 4.79 Å². The van der Waals surface area contributed by atoms with E-state index in [0.717, 1.165) is 5.39 Å². The molecule has 2 aromatic carbocycles. The van der Waals surface area contributed by atoms with Gasteiger partial charge in [0.1, 0.15) is 0 Å². The van der Waals surface area contributed by atoms with E-state index >= 15 is 0 Å². The Labute approximate surface area is 153 Å². The highest BCUT2D eigenvalue weighted by Gasteiger charge is 2.19. The van der Waals surface area contributed by atoms with Crippen molar-refractivity contribution in [2.75, 3.05) is 10.6 Å². The predicted octanol–water partition coefficient (Wildman–Crippen LogP) is 5.26. The average molecular weight is 377 g/mol. The van der Waals surface area contributed by atoms with Crippen LogP contribution in [0.2, 0.25) is 10.0 Å². The first kappa shape index (κ1) is 17.3. The number of nitrogens with one attached hydrogen (secondary N) is 2. The van der Waals surface area contributed by atoms with E-state index in [1.54, 1.807) is 37.3 Å². The van der Waals surface area contributed by atoms with E-state index in [1.807, 2.05) is 6.07 Å². The van der Waals surface area contributed by atoms with Crippen LogP contribution in [0.1, 0.15) is 23.0 Å². The fourth-order valence-electron chi connectivity index (χ4n) is 2.50. The molecule has 0 atom stereocenters. The van der Waals surface area contributed by atoms with E-state index < -0.39 is 5.91 Å². The molecule has 0 spiro atoms. The molecule has 2 amide bonds. The molecule has 0 aliphatic rings. The number of amides is 2. The number of para-hydroxylation sites is 1. The summed E-state index contributed by atoms with van der Waals surface area (Å²) in [4.78, 5) is 23.8. The molecule has 0 aliphatic carbocycles. The van der Waals surface area contributed by atoms with Crippen molar-refractivity contribution in [3.63, 3.8) is 0 Å². The number of furan rings is 1. The Morgan fingerprint density at radius 1 is 1.04 bits per heavy atom. The van der Waals surface area contributed by atoms with E-state index in [2.05, 4.69) is 10.6 Å². The van der Waals surface area contributed by atoms with Gasteiger partial charge in [0.2, 0.25) is 5.91 Å². The summed E-state index contributed by atoms with van der Waals surface area (Å²) in [7, 11) is 0. The Morgan fingerprint density at radius 3 is 2.48 bits per heavy atom. The highest BCUT2D eigenvalue weighted by atomic mass is 35.5. The molecule has 3 rings (SSSR count). The van der Waals surface area contributed by atoms with Gasteiger partial charge in [0.25, 0.3) is 5.91 Å². The molecule has 0 aliphatic heterocycles. The zero-order valence-corrected chi connectivity index (χ0v) is 15.0.